The third kappa shape index (κ3) is 3.59. The van der Waals surface area contributed by atoms with Crippen LogP contribution in [-0.2, 0) is 11.5 Å². The minimum atomic E-state index is -0.240. The van der Waals surface area contributed by atoms with Crippen molar-refractivity contribution in [2.75, 3.05) is 0 Å². The minimum Gasteiger partial charge on any atom is -0.207 e. The van der Waals surface area contributed by atoms with E-state index in [4.69, 9.17) is 5.26 Å². The largest absolute Gasteiger partial charge is 0.207 e. The SMILES string of the molecule is Cc1ccccc1CSCc1cc(C#N)ccc1F. The Morgan fingerprint density at radius 1 is 1.11 bits per heavy atom. The Balaban J connectivity index is 2.00. The van der Waals surface area contributed by atoms with E-state index in [2.05, 4.69) is 19.1 Å². The van der Waals surface area contributed by atoms with Crippen LogP contribution in [-0.4, -0.2) is 0 Å². The van der Waals surface area contributed by atoms with Gasteiger partial charge in [-0.05, 0) is 41.8 Å². The molecule has 0 heterocycles. The normalized spacial score (nSPS) is 10.2. The predicted molar refractivity (Wildman–Crippen MR) is 77.3 cm³/mol. The summed E-state index contributed by atoms with van der Waals surface area (Å²) in [5.41, 5.74) is 3.62. The number of benzene rings is 2. The molecule has 0 atom stereocenters. The number of nitriles is 1. The van der Waals surface area contributed by atoms with Crippen molar-refractivity contribution in [1.29, 1.82) is 5.26 Å². The molecule has 2 rings (SSSR count). The van der Waals surface area contributed by atoms with Crippen molar-refractivity contribution < 1.29 is 4.39 Å². The topological polar surface area (TPSA) is 23.8 Å². The van der Waals surface area contributed by atoms with Crippen molar-refractivity contribution in [2.45, 2.75) is 18.4 Å². The molecule has 2 aromatic rings. The van der Waals surface area contributed by atoms with Crippen LogP contribution >= 0.6 is 11.8 Å². The summed E-state index contributed by atoms with van der Waals surface area (Å²) in [5, 5.41) is 8.81. The van der Waals surface area contributed by atoms with Gasteiger partial charge < -0.3 is 0 Å². The second kappa shape index (κ2) is 6.40. The molecule has 0 radical (unpaired) electrons. The zero-order chi connectivity index (χ0) is 13.7. The van der Waals surface area contributed by atoms with E-state index in [0.717, 1.165) is 5.75 Å². The molecule has 0 saturated carbocycles. The summed E-state index contributed by atoms with van der Waals surface area (Å²) in [4.78, 5) is 0. The predicted octanol–water partition coefficient (Wildman–Crippen LogP) is 4.44. The molecule has 19 heavy (non-hydrogen) atoms. The Labute approximate surface area is 117 Å². The van der Waals surface area contributed by atoms with Crippen LogP contribution in [0.15, 0.2) is 42.5 Å². The van der Waals surface area contributed by atoms with E-state index in [9.17, 15) is 4.39 Å². The average molecular weight is 271 g/mol. The molecule has 0 aromatic heterocycles. The Bertz CT molecular complexity index is 616. The smallest absolute Gasteiger partial charge is 0.127 e. The lowest BCUT2D eigenvalue weighted by molar-refractivity contribution is 0.617. The molecule has 2 aromatic carbocycles. The summed E-state index contributed by atoms with van der Waals surface area (Å²) in [6.07, 6.45) is 0. The van der Waals surface area contributed by atoms with Crippen molar-refractivity contribution in [1.82, 2.24) is 0 Å². The fourth-order valence-electron chi connectivity index (χ4n) is 1.80. The maximum absolute atomic E-state index is 13.6. The number of rotatable bonds is 4. The second-order valence-electron chi connectivity index (χ2n) is 4.34. The van der Waals surface area contributed by atoms with E-state index >= 15 is 0 Å². The van der Waals surface area contributed by atoms with Crippen LogP contribution in [0.5, 0.6) is 0 Å². The number of nitrogens with zero attached hydrogens (tertiary/aromatic N) is 1. The monoisotopic (exact) mass is 271 g/mol. The van der Waals surface area contributed by atoms with Gasteiger partial charge in [0.15, 0.2) is 0 Å². The molecule has 0 amide bonds. The number of hydrogen-bond donors (Lipinski definition) is 0. The van der Waals surface area contributed by atoms with Crippen molar-refractivity contribution in [3.8, 4) is 6.07 Å². The lowest BCUT2D eigenvalue weighted by Gasteiger charge is -2.06. The summed E-state index contributed by atoms with van der Waals surface area (Å²) >= 11 is 1.66. The number of thioether (sulfide) groups is 1. The number of hydrogen-bond acceptors (Lipinski definition) is 2. The molecule has 0 aliphatic heterocycles. The first-order chi connectivity index (χ1) is 9.20. The van der Waals surface area contributed by atoms with Gasteiger partial charge in [-0.1, -0.05) is 24.3 Å². The molecule has 1 nitrogen and oxygen atoms in total. The highest BCUT2D eigenvalue weighted by Crippen LogP contribution is 2.22. The molecule has 3 heteroatoms. The van der Waals surface area contributed by atoms with Crippen molar-refractivity contribution >= 4 is 11.8 Å². The molecule has 0 aliphatic rings. The highest BCUT2D eigenvalue weighted by molar-refractivity contribution is 7.97. The molecule has 0 spiro atoms. The van der Waals surface area contributed by atoms with Gasteiger partial charge in [-0.2, -0.15) is 17.0 Å². The highest BCUT2D eigenvalue weighted by Gasteiger charge is 2.04. The minimum absolute atomic E-state index is 0.240. The third-order valence-electron chi connectivity index (χ3n) is 2.95. The van der Waals surface area contributed by atoms with E-state index in [1.165, 1.54) is 23.3 Å². The summed E-state index contributed by atoms with van der Waals surface area (Å²) in [7, 11) is 0. The van der Waals surface area contributed by atoms with Gasteiger partial charge in [0.05, 0.1) is 11.6 Å². The molecule has 0 aliphatic carbocycles. The standard InChI is InChI=1S/C16H14FNS/c1-12-4-2-3-5-14(12)10-19-11-15-8-13(9-18)6-7-16(15)17/h2-8H,10-11H2,1H3. The first-order valence-corrected chi connectivity index (χ1v) is 7.17. The van der Waals surface area contributed by atoms with E-state index < -0.39 is 0 Å². The van der Waals surface area contributed by atoms with E-state index in [1.807, 2.05) is 18.2 Å². The molecule has 0 bridgehead atoms. The van der Waals surface area contributed by atoms with Gasteiger partial charge >= 0.3 is 0 Å². The van der Waals surface area contributed by atoms with E-state index in [-0.39, 0.29) is 5.82 Å². The van der Waals surface area contributed by atoms with Gasteiger partial charge in [-0.25, -0.2) is 4.39 Å². The molecule has 0 unspecified atom stereocenters. The van der Waals surface area contributed by atoms with Crippen LogP contribution in [0.3, 0.4) is 0 Å². The van der Waals surface area contributed by atoms with Crippen molar-refractivity contribution in [3.63, 3.8) is 0 Å². The van der Waals surface area contributed by atoms with E-state index in [0.29, 0.717) is 16.9 Å². The average Bonchev–Trinajstić information content (AvgIpc) is 2.43. The van der Waals surface area contributed by atoms with Crippen LogP contribution in [0.1, 0.15) is 22.3 Å². The van der Waals surface area contributed by atoms with Crippen molar-refractivity contribution in [3.05, 3.63) is 70.5 Å². The quantitative estimate of drug-likeness (QED) is 0.821. The third-order valence-corrected chi connectivity index (χ3v) is 3.98. The van der Waals surface area contributed by atoms with Gasteiger partial charge in [-0.3, -0.25) is 0 Å². The summed E-state index contributed by atoms with van der Waals surface area (Å²) in [6.45, 7) is 2.08. The van der Waals surface area contributed by atoms with Crippen LogP contribution in [0, 0.1) is 24.1 Å². The maximum atomic E-state index is 13.6. The first kappa shape index (κ1) is 13.6. The molecule has 0 fully saturated rings. The first-order valence-electron chi connectivity index (χ1n) is 6.01. The van der Waals surface area contributed by atoms with Crippen molar-refractivity contribution in [2.24, 2.45) is 0 Å². The van der Waals surface area contributed by atoms with Gasteiger partial charge in [0.2, 0.25) is 0 Å². The summed E-state index contributed by atoms with van der Waals surface area (Å²) < 4.78 is 13.6. The number of aryl methyl sites for hydroxylation is 1. The van der Waals surface area contributed by atoms with Crippen LogP contribution in [0.2, 0.25) is 0 Å². The van der Waals surface area contributed by atoms with Gasteiger partial charge in [0.25, 0.3) is 0 Å². The van der Waals surface area contributed by atoms with Gasteiger partial charge in [-0.15, -0.1) is 0 Å². The fourth-order valence-corrected chi connectivity index (χ4v) is 2.88. The molecule has 0 N–H and O–H groups in total. The zero-order valence-electron chi connectivity index (χ0n) is 10.7. The molecular weight excluding hydrogens is 257 g/mol. The summed E-state index contributed by atoms with van der Waals surface area (Å²) in [5.74, 6) is 1.19. The zero-order valence-corrected chi connectivity index (χ0v) is 11.5. The summed E-state index contributed by atoms with van der Waals surface area (Å²) in [6, 6.07) is 14.7. The highest BCUT2D eigenvalue weighted by atomic mass is 32.2. The van der Waals surface area contributed by atoms with Crippen LogP contribution < -0.4 is 0 Å². The fraction of sp³-hybridized carbons (Fsp3) is 0.188. The molecular formula is C16H14FNS. The lowest BCUT2D eigenvalue weighted by atomic mass is 10.1. The molecule has 0 saturated heterocycles. The lowest BCUT2D eigenvalue weighted by Crippen LogP contribution is -1.91. The van der Waals surface area contributed by atoms with Crippen LogP contribution in [0.25, 0.3) is 0 Å². The molecule has 96 valence electrons. The van der Waals surface area contributed by atoms with Crippen LogP contribution in [0.4, 0.5) is 4.39 Å². The second-order valence-corrected chi connectivity index (χ2v) is 5.32. The Hall–Kier alpha value is -1.79. The Kier molecular flexibility index (Phi) is 4.59. The maximum Gasteiger partial charge on any atom is 0.127 e. The number of halogens is 1. The van der Waals surface area contributed by atoms with Gasteiger partial charge in [0.1, 0.15) is 5.82 Å². The Morgan fingerprint density at radius 3 is 2.58 bits per heavy atom. The van der Waals surface area contributed by atoms with E-state index in [1.54, 1.807) is 17.8 Å². The van der Waals surface area contributed by atoms with Gasteiger partial charge in [0, 0.05) is 11.5 Å². The Morgan fingerprint density at radius 2 is 1.84 bits per heavy atom.